The molecular formula is C32H42F2N4O6. The number of halogens is 2. The molecular weight excluding hydrogens is 574 g/mol. The molecule has 240 valence electrons. The van der Waals surface area contributed by atoms with E-state index < -0.39 is 35.3 Å². The number of ether oxygens (including phenoxy) is 2. The summed E-state index contributed by atoms with van der Waals surface area (Å²) in [5, 5.41) is 9.94. The number of nitrogens with zero attached hydrogens (tertiary/aromatic N) is 4. The third kappa shape index (κ3) is 9.04. The highest BCUT2D eigenvalue weighted by atomic mass is 19.1. The Morgan fingerprint density at radius 3 is 2.36 bits per heavy atom. The number of benzene rings is 2. The minimum Gasteiger partial charge on any atom is -0.486 e. The molecule has 10 nitrogen and oxygen atoms in total. The summed E-state index contributed by atoms with van der Waals surface area (Å²) in [6.45, 7) is 8.66. The monoisotopic (exact) mass is 616 g/mol. The average molecular weight is 617 g/mol. The van der Waals surface area contributed by atoms with Crippen molar-refractivity contribution in [1.29, 1.82) is 0 Å². The van der Waals surface area contributed by atoms with Gasteiger partial charge in [-0.1, -0.05) is 30.3 Å². The van der Waals surface area contributed by atoms with Crippen LogP contribution in [0.2, 0.25) is 0 Å². The molecule has 1 aliphatic heterocycles. The molecule has 3 amide bonds. The smallest absolute Gasteiger partial charge is 0.410 e. The van der Waals surface area contributed by atoms with Crippen molar-refractivity contribution in [1.82, 2.24) is 19.6 Å². The Labute approximate surface area is 257 Å². The van der Waals surface area contributed by atoms with Crippen LogP contribution in [0.3, 0.4) is 0 Å². The highest BCUT2D eigenvalue weighted by molar-refractivity contribution is 5.82. The van der Waals surface area contributed by atoms with Gasteiger partial charge in [0.25, 0.3) is 0 Å². The average Bonchev–Trinajstić information content (AvgIpc) is 3.75. The first-order valence-corrected chi connectivity index (χ1v) is 14.9. The Morgan fingerprint density at radius 1 is 1.05 bits per heavy atom. The molecule has 0 bridgehead atoms. The van der Waals surface area contributed by atoms with Crippen LogP contribution < -0.4 is 4.74 Å². The molecule has 0 radical (unpaired) electrons. The van der Waals surface area contributed by atoms with Crippen molar-refractivity contribution in [2.24, 2.45) is 0 Å². The summed E-state index contributed by atoms with van der Waals surface area (Å²) < 4.78 is 40.1. The lowest BCUT2D eigenvalue weighted by Gasteiger charge is -2.36. The Bertz CT molecular complexity index is 1310. The van der Waals surface area contributed by atoms with Crippen molar-refractivity contribution < 1.29 is 37.7 Å². The summed E-state index contributed by atoms with van der Waals surface area (Å²) in [6, 6.07) is 10.5. The first-order chi connectivity index (χ1) is 20.8. The van der Waals surface area contributed by atoms with E-state index in [0.717, 1.165) is 29.5 Å². The number of hydrogen-bond donors (Lipinski definition) is 1. The molecule has 12 heteroatoms. The Morgan fingerprint density at radius 2 is 1.73 bits per heavy atom. The van der Waals surface area contributed by atoms with Gasteiger partial charge in [-0.25, -0.2) is 18.4 Å². The minimum absolute atomic E-state index is 0.0708. The lowest BCUT2D eigenvalue weighted by atomic mass is 10.1. The van der Waals surface area contributed by atoms with Gasteiger partial charge >= 0.3 is 12.2 Å². The zero-order valence-electron chi connectivity index (χ0n) is 25.8. The number of rotatable bonds is 11. The molecule has 0 aromatic heterocycles. The van der Waals surface area contributed by atoms with Gasteiger partial charge in [-0.2, -0.15) is 0 Å². The number of carbonyl (C=O) groups excluding carboxylic acids is 2. The Hall–Kier alpha value is -3.93. The largest absolute Gasteiger partial charge is 0.486 e. The van der Waals surface area contributed by atoms with Crippen LogP contribution in [0.4, 0.5) is 18.4 Å². The standard InChI is InChI=1S/C32H42F2N4O6/c1-32(2,3)44-31(42)35(4)11-8-12-36-13-15-37(16-14-36)28(39)20-38(30(40)41)27-19-24(27)25-17-23(33)18-26(34)29(25)43-21-22-9-6-5-7-10-22/h5-7,9-10,17-18,24,27H,8,11-16,19-21H2,1-4H3,(H,40,41). The van der Waals surface area contributed by atoms with E-state index >= 15 is 0 Å². The molecule has 2 fully saturated rings. The van der Waals surface area contributed by atoms with Gasteiger partial charge < -0.3 is 24.4 Å². The van der Waals surface area contributed by atoms with Gasteiger partial charge in [-0.3, -0.25) is 14.6 Å². The maximum absolute atomic E-state index is 14.8. The van der Waals surface area contributed by atoms with Gasteiger partial charge in [0.05, 0.1) is 0 Å². The number of carboxylic acid groups (broad SMARTS) is 1. The lowest BCUT2D eigenvalue weighted by Crippen LogP contribution is -2.52. The molecule has 4 rings (SSSR count). The molecule has 0 spiro atoms. The second-order valence-corrected chi connectivity index (χ2v) is 12.4. The van der Waals surface area contributed by atoms with Crippen LogP contribution in [0.25, 0.3) is 0 Å². The van der Waals surface area contributed by atoms with Crippen LogP contribution in [-0.4, -0.2) is 107 Å². The predicted octanol–water partition coefficient (Wildman–Crippen LogP) is 4.78. The van der Waals surface area contributed by atoms with Gasteiger partial charge in [0.1, 0.15) is 24.6 Å². The topological polar surface area (TPSA) is 103 Å². The van der Waals surface area contributed by atoms with Gasteiger partial charge in [-0.05, 0) is 51.8 Å². The zero-order chi connectivity index (χ0) is 32.0. The first-order valence-electron chi connectivity index (χ1n) is 14.9. The third-order valence-corrected chi connectivity index (χ3v) is 7.77. The van der Waals surface area contributed by atoms with Crippen LogP contribution in [-0.2, 0) is 16.1 Å². The fourth-order valence-electron chi connectivity index (χ4n) is 5.35. The van der Waals surface area contributed by atoms with Crippen LogP contribution in [0.1, 0.15) is 50.7 Å². The van der Waals surface area contributed by atoms with Crippen molar-refractivity contribution in [2.45, 2.75) is 57.8 Å². The SMILES string of the molecule is CN(CCCN1CCN(C(=O)CN(C(=O)O)C2CC2c2cc(F)cc(F)c2OCc2ccccc2)CC1)C(=O)OC(C)(C)C. The lowest BCUT2D eigenvalue weighted by molar-refractivity contribution is -0.134. The summed E-state index contributed by atoms with van der Waals surface area (Å²) in [6.07, 6.45) is -0.554. The van der Waals surface area contributed by atoms with E-state index in [4.69, 9.17) is 9.47 Å². The van der Waals surface area contributed by atoms with Crippen LogP contribution >= 0.6 is 0 Å². The molecule has 44 heavy (non-hydrogen) atoms. The van der Waals surface area contributed by atoms with E-state index in [0.29, 0.717) is 39.1 Å². The van der Waals surface area contributed by atoms with E-state index in [1.807, 2.05) is 51.1 Å². The summed E-state index contributed by atoms with van der Waals surface area (Å²) in [7, 11) is 1.70. The molecule has 1 heterocycles. The van der Waals surface area contributed by atoms with Crippen molar-refractivity contribution >= 4 is 18.1 Å². The summed E-state index contributed by atoms with van der Waals surface area (Å²) in [4.78, 5) is 43.9. The molecule has 2 aromatic rings. The minimum atomic E-state index is -1.26. The van der Waals surface area contributed by atoms with E-state index in [1.165, 1.54) is 6.07 Å². The van der Waals surface area contributed by atoms with Gasteiger partial charge in [-0.15, -0.1) is 0 Å². The van der Waals surface area contributed by atoms with Gasteiger partial charge in [0, 0.05) is 63.4 Å². The molecule has 2 aliphatic rings. The Balaban J connectivity index is 1.28. The van der Waals surface area contributed by atoms with E-state index in [9.17, 15) is 28.3 Å². The molecule has 1 aliphatic carbocycles. The second kappa shape index (κ2) is 14.2. The highest BCUT2D eigenvalue weighted by Gasteiger charge is 2.48. The van der Waals surface area contributed by atoms with E-state index in [2.05, 4.69) is 4.90 Å². The number of carbonyl (C=O) groups is 3. The van der Waals surface area contributed by atoms with E-state index in [1.54, 1.807) is 16.8 Å². The molecule has 2 atom stereocenters. The Kier molecular flexibility index (Phi) is 10.7. The van der Waals surface area contributed by atoms with Crippen molar-refractivity contribution in [3.8, 4) is 5.75 Å². The summed E-state index contributed by atoms with van der Waals surface area (Å²) in [5.74, 6) is -2.54. The fourth-order valence-corrected chi connectivity index (χ4v) is 5.35. The van der Waals surface area contributed by atoms with Crippen molar-refractivity contribution in [2.75, 3.05) is 52.9 Å². The molecule has 1 saturated heterocycles. The number of amides is 3. The summed E-state index contributed by atoms with van der Waals surface area (Å²) >= 11 is 0. The van der Waals surface area contributed by atoms with Crippen molar-refractivity contribution in [3.63, 3.8) is 0 Å². The third-order valence-electron chi connectivity index (χ3n) is 7.77. The van der Waals surface area contributed by atoms with Gasteiger partial charge in [0.2, 0.25) is 5.91 Å². The number of hydrogen-bond acceptors (Lipinski definition) is 6. The molecule has 1 saturated carbocycles. The quantitative estimate of drug-likeness (QED) is 0.388. The maximum atomic E-state index is 14.8. The zero-order valence-corrected chi connectivity index (χ0v) is 25.8. The van der Waals surface area contributed by atoms with Crippen LogP contribution in [0.5, 0.6) is 5.75 Å². The van der Waals surface area contributed by atoms with E-state index in [-0.39, 0.29) is 36.5 Å². The molecule has 2 unspecified atom stereocenters. The second-order valence-electron chi connectivity index (χ2n) is 12.4. The highest BCUT2D eigenvalue weighted by Crippen LogP contribution is 2.49. The molecule has 1 N–H and O–H groups in total. The van der Waals surface area contributed by atoms with Crippen LogP contribution in [0, 0.1) is 11.6 Å². The predicted molar refractivity (Wildman–Crippen MR) is 160 cm³/mol. The van der Waals surface area contributed by atoms with Crippen molar-refractivity contribution in [3.05, 3.63) is 65.2 Å². The fraction of sp³-hybridized carbons (Fsp3) is 0.531. The normalized spacial score (nSPS) is 18.5. The van der Waals surface area contributed by atoms with Crippen LogP contribution in [0.15, 0.2) is 42.5 Å². The summed E-state index contributed by atoms with van der Waals surface area (Å²) in [5.41, 5.74) is 0.510. The molecule has 2 aromatic carbocycles. The number of piperazine rings is 1. The maximum Gasteiger partial charge on any atom is 0.410 e. The first kappa shape index (κ1) is 33.0. The van der Waals surface area contributed by atoms with Gasteiger partial charge in [0.15, 0.2) is 11.6 Å².